The summed E-state index contributed by atoms with van der Waals surface area (Å²) in [6, 6.07) is -30.9. The Morgan fingerprint density at radius 3 is 0.179 bits per heavy atom. The quantitative estimate of drug-likeness (QED) is 0.107. The molecule has 0 aliphatic carbocycles. The molecule has 112 heavy (non-hydrogen) atoms. The minimum Gasteiger partial charge on any atom is -0.348 e. The molecule has 24 heterocycles. The lowest BCUT2D eigenvalue weighted by atomic mass is 10.1. The van der Waals surface area contributed by atoms with Crippen LogP contribution >= 0.6 is 0 Å². The molecule has 32 amide bonds. The van der Waals surface area contributed by atoms with Crippen molar-refractivity contribution in [1.29, 1.82) is 0 Å². The summed E-state index contributed by atoms with van der Waals surface area (Å²) in [6.45, 7) is -30.0. The lowest BCUT2D eigenvalue weighted by Crippen LogP contribution is -2.78. The first-order chi connectivity index (χ1) is 52.2. The molecule has 0 aromatic carbocycles. The van der Waals surface area contributed by atoms with Gasteiger partial charge < -0.3 is 81.7 Å². The largest absolute Gasteiger partial charge is 0.348 e. The highest BCUT2D eigenvalue weighted by atomic mass is 16.6. The van der Waals surface area contributed by atoms with Crippen molar-refractivity contribution in [1.82, 2.24) is 157 Å². The smallest absolute Gasteiger partial charge is 0.330 e. The second kappa shape index (κ2) is 15.9. The van der Waals surface area contributed by atoms with Crippen LogP contribution in [-0.4, -0.2) is 535 Å². The molecule has 0 spiro atoms. The number of carbonyl (C=O) groups is 16. The van der Waals surface area contributed by atoms with E-state index in [0.29, 0.717) is 0 Å². The molecule has 0 unspecified atom stereocenters. The SMILES string of the molecule is O=C1N2CN3C(=O)N4CN5C(=O)N6CN7C(=O)N8CN9C(=O)N%10CN%11C(=O)N%12CN%13C(=O)N%14CN%15C(=O)N%16CN1C1(O)N%17CN%18C(=O)N(CN%19C(=O)N(CN%20C(=O)N(CN%21C(=O)N(CN%22C(=O)N(CN%23C(=O)N(CN%24C(=O)N(CN(C%17=O)C21O)C3(O)C4%24O)C5(O)C6%23O)C7(O)C8%22O)C9(O)C%10%21O)C%11(O)C%12%20O)C%13(O)C%14%19O)C%15(O)C%16%18O. The van der Waals surface area contributed by atoms with Gasteiger partial charge in [0.2, 0.25) is 0 Å². The fourth-order valence-corrected chi connectivity index (χ4v) is 22.1. The van der Waals surface area contributed by atoms with E-state index in [4.69, 9.17) is 0 Å². The van der Waals surface area contributed by atoms with Crippen LogP contribution in [0.25, 0.3) is 0 Å². The second-order valence-electron chi connectivity index (χ2n) is 30.6. The van der Waals surface area contributed by atoms with Crippen LogP contribution in [0.4, 0.5) is 76.7 Å². The third kappa shape index (κ3) is 4.64. The summed E-state index contributed by atoms with van der Waals surface area (Å²) < 4.78 is 0. The number of nitrogens with zero attached hydrogens (tertiary/aromatic N) is 32. The zero-order chi connectivity index (χ0) is 79.0. The molecule has 16 N–H and O–H groups in total. The fourth-order valence-electron chi connectivity index (χ4n) is 22.1. The van der Waals surface area contributed by atoms with E-state index in [2.05, 4.69) is 0 Å². The molecule has 0 bridgehead atoms. The molecule has 24 fully saturated rings. The Balaban J connectivity index is 0.713. The van der Waals surface area contributed by atoms with Gasteiger partial charge in [-0.3, -0.25) is 157 Å². The van der Waals surface area contributed by atoms with Crippen LogP contribution in [0.3, 0.4) is 0 Å². The predicted molar refractivity (Wildman–Crippen MR) is 302 cm³/mol. The van der Waals surface area contributed by atoms with Gasteiger partial charge in [0.05, 0.1) is 0 Å². The van der Waals surface area contributed by atoms with E-state index in [0.717, 1.165) is 0 Å². The lowest BCUT2D eigenvalue weighted by molar-refractivity contribution is -0.373. The van der Waals surface area contributed by atoms with Gasteiger partial charge in [-0.1, -0.05) is 0 Å². The Kier molecular flexibility index (Phi) is 8.98. The topological polar surface area (TPSA) is 700 Å². The van der Waals surface area contributed by atoms with Crippen LogP contribution in [0.15, 0.2) is 0 Å². The van der Waals surface area contributed by atoms with E-state index in [1.54, 1.807) is 0 Å². The summed E-state index contributed by atoms with van der Waals surface area (Å²) in [5.74, 6) is -63.1. The average molecular weight is 1590 g/mol. The number of hydrogen-bond donors (Lipinski definition) is 16. The predicted octanol–water partition coefficient (Wildman–Crippen LogP) is -18.4. The zero-order valence-corrected chi connectivity index (χ0v) is 55.3. The van der Waals surface area contributed by atoms with Gasteiger partial charge in [0, 0.05) is 0 Å². The summed E-state index contributed by atoms with van der Waals surface area (Å²) in [6.07, 6.45) is 0. The van der Waals surface area contributed by atoms with E-state index in [1.165, 1.54) is 0 Å². The van der Waals surface area contributed by atoms with E-state index < -0.39 is 297 Å². The Labute approximate surface area is 610 Å². The van der Waals surface area contributed by atoms with Gasteiger partial charge in [0.1, 0.15) is 107 Å². The zero-order valence-electron chi connectivity index (χ0n) is 55.3. The summed E-state index contributed by atoms with van der Waals surface area (Å²) >= 11 is 0. The summed E-state index contributed by atoms with van der Waals surface area (Å²) in [7, 11) is 0. The highest BCUT2D eigenvalue weighted by molar-refractivity contribution is 5.99. The number of hydrogen-bond acceptors (Lipinski definition) is 32. The minimum absolute atomic E-state index is 0.0326. The number of rotatable bonds is 0. The molecular weight excluding hydrogens is 1540 g/mol. The first kappa shape index (κ1) is 63.5. The van der Waals surface area contributed by atoms with Crippen molar-refractivity contribution in [3.8, 4) is 0 Å². The Hall–Kier alpha value is -12.3. The van der Waals surface area contributed by atoms with Gasteiger partial charge in [0.25, 0.3) is 0 Å². The Bertz CT molecular complexity index is 3690. The average Bonchev–Trinajstić information content (AvgIpc) is 1.47. The molecule has 0 radical (unpaired) electrons. The summed E-state index contributed by atoms with van der Waals surface area (Å²) in [5.41, 5.74) is 0. The van der Waals surface area contributed by atoms with Crippen molar-refractivity contribution in [2.24, 2.45) is 0 Å². The van der Waals surface area contributed by atoms with Gasteiger partial charge in [0.15, 0.2) is 0 Å². The Morgan fingerprint density at radius 2 is 0.143 bits per heavy atom. The van der Waals surface area contributed by atoms with Crippen molar-refractivity contribution >= 4 is 96.5 Å². The molecule has 24 aliphatic rings. The van der Waals surface area contributed by atoms with Crippen molar-refractivity contribution in [2.45, 2.75) is 93.6 Å². The van der Waals surface area contributed by atoms with Gasteiger partial charge in [-0.2, -0.15) is 0 Å². The molecule has 24 rings (SSSR count). The molecule has 592 valence electrons. The maximum Gasteiger partial charge on any atom is 0.330 e. The van der Waals surface area contributed by atoms with Crippen LogP contribution in [0.2, 0.25) is 0 Å². The standard InChI is InChI=1S/C48H48N32O32/c81-17-49-1-50-18(82)52-3-58-22(86)62-8-66-26(90)70-12-74-30(94)78-15-77-29(93)73-11-69-25(89)65-7-61-21(85)57-2-51(17)35(99)33(49,97)53-4-54-20(84)56(36(52,100)34(50,54)98)6-60-24(88)64(40(62,104)38(58,60)102)10-68-28(92)72(44(70,108)42(66,68)106)14-76-32(96)80(48(78,112)46(74,76)110)16-79-31(95)75(45(73,109)47(77,79)111)13-71-27(91)67(41(65,105)43(69,71)107)9-63-23(87)59(5-55(35)19(53)83)37(57,101)39(61,63)103/h97-112H,1-16H2. The van der Waals surface area contributed by atoms with Crippen molar-refractivity contribution < 1.29 is 158 Å². The van der Waals surface area contributed by atoms with Crippen LogP contribution in [0.5, 0.6) is 0 Å². The Morgan fingerprint density at radius 1 is 0.107 bits per heavy atom. The number of aliphatic hydroxyl groups is 16. The highest BCUT2D eigenvalue weighted by Gasteiger charge is 2.97. The van der Waals surface area contributed by atoms with Gasteiger partial charge in [-0.25, -0.2) is 76.7 Å². The minimum atomic E-state index is -3.94. The lowest BCUT2D eigenvalue weighted by Gasteiger charge is -2.50. The summed E-state index contributed by atoms with van der Waals surface area (Å²) in [5, 5.41) is 216. The molecular formula is C48H48N32O32. The van der Waals surface area contributed by atoms with Crippen LogP contribution in [-0.2, 0) is 0 Å². The monoisotopic (exact) mass is 1580 g/mol. The van der Waals surface area contributed by atoms with E-state index in [9.17, 15) is 81.7 Å². The highest BCUT2D eigenvalue weighted by Crippen LogP contribution is 2.66. The third-order valence-corrected chi connectivity index (χ3v) is 27.6. The van der Waals surface area contributed by atoms with Gasteiger partial charge in [-0.15, -0.1) is 0 Å². The number of urea groups is 16. The van der Waals surface area contributed by atoms with Gasteiger partial charge in [-0.05, 0) is 0 Å². The molecule has 0 saturated carbocycles. The normalized spacial score (nSPS) is 47.0. The molecule has 64 nitrogen and oxygen atoms in total. The van der Waals surface area contributed by atoms with Gasteiger partial charge >= 0.3 is 190 Å². The number of amides is 32. The first-order valence-corrected chi connectivity index (χ1v) is 33.3. The van der Waals surface area contributed by atoms with Crippen molar-refractivity contribution in [3.05, 3.63) is 0 Å². The molecule has 24 aliphatic heterocycles. The first-order valence-electron chi connectivity index (χ1n) is 33.3. The molecule has 64 heteroatoms. The van der Waals surface area contributed by atoms with Crippen molar-refractivity contribution in [3.63, 3.8) is 0 Å². The second-order valence-corrected chi connectivity index (χ2v) is 30.6. The molecule has 0 atom stereocenters. The maximum absolute atomic E-state index is 15.7. The van der Waals surface area contributed by atoms with Crippen molar-refractivity contribution in [2.75, 3.05) is 107 Å². The van der Waals surface area contributed by atoms with E-state index >= 15 is 76.7 Å². The van der Waals surface area contributed by atoms with E-state index in [-0.39, 0.29) is 157 Å². The fraction of sp³-hybridized carbons (Fsp3) is 0.667. The maximum atomic E-state index is 15.7. The third-order valence-electron chi connectivity index (χ3n) is 27.6. The van der Waals surface area contributed by atoms with Crippen LogP contribution in [0.1, 0.15) is 0 Å². The molecule has 0 aromatic heterocycles. The van der Waals surface area contributed by atoms with E-state index in [1.807, 2.05) is 0 Å². The number of carbonyl (C=O) groups excluding carboxylic acids is 16. The van der Waals surface area contributed by atoms with Crippen LogP contribution < -0.4 is 0 Å². The molecule has 24 saturated heterocycles. The summed E-state index contributed by atoms with van der Waals surface area (Å²) in [4.78, 5) is 251. The molecule has 0 aromatic rings. The van der Waals surface area contributed by atoms with Crippen LogP contribution in [0, 0.1) is 0 Å².